The van der Waals surface area contributed by atoms with Crippen molar-refractivity contribution in [1.82, 2.24) is 10.2 Å². The van der Waals surface area contributed by atoms with Crippen LogP contribution in [-0.2, 0) is 27.4 Å². The van der Waals surface area contributed by atoms with Gasteiger partial charge in [0, 0.05) is 33.5 Å². The fourth-order valence-electron chi connectivity index (χ4n) is 5.04. The summed E-state index contributed by atoms with van der Waals surface area (Å²) in [5.41, 5.74) is 2.81. The lowest BCUT2D eigenvalue weighted by Crippen LogP contribution is -2.74. The standard InChI is InChI=1S/C28H24N2O6S2/c31-13-17-7-4-8-19-20-12-18(9-10-21(20)36-24(17)19)38-28(27(34)35)14-30-25(33)23(26(30)37-15-28)29-22(32)11-16-5-2-1-3-6-16/h1-10,12,23,26,31H,11,13-15H2,(H,29,32)(H,34,35)/t23-,26-,28?/m1/s1. The van der Waals surface area contributed by atoms with Crippen molar-refractivity contribution in [2.45, 2.75) is 34.1 Å². The van der Waals surface area contributed by atoms with Crippen molar-refractivity contribution in [3.05, 3.63) is 77.9 Å². The van der Waals surface area contributed by atoms with E-state index < -0.39 is 16.8 Å². The Morgan fingerprint density at radius 2 is 1.92 bits per heavy atom. The van der Waals surface area contributed by atoms with E-state index in [0.717, 1.165) is 21.2 Å². The number of carboxylic acids is 1. The van der Waals surface area contributed by atoms with E-state index in [4.69, 9.17) is 4.42 Å². The molecule has 4 aromatic rings. The molecule has 194 valence electrons. The van der Waals surface area contributed by atoms with Crippen molar-refractivity contribution in [1.29, 1.82) is 0 Å². The van der Waals surface area contributed by atoms with E-state index in [1.807, 2.05) is 54.6 Å². The summed E-state index contributed by atoms with van der Waals surface area (Å²) >= 11 is 2.61. The first kappa shape index (κ1) is 24.8. The monoisotopic (exact) mass is 548 g/mol. The second-order valence-corrected chi connectivity index (χ2v) is 12.1. The molecular formula is C28H24N2O6S2. The Hall–Kier alpha value is -3.47. The third kappa shape index (κ3) is 4.22. The first-order valence-corrected chi connectivity index (χ1v) is 14.0. The summed E-state index contributed by atoms with van der Waals surface area (Å²) in [5, 5.41) is 24.1. The number of fused-ring (bicyclic) bond motifs is 4. The van der Waals surface area contributed by atoms with Crippen LogP contribution in [0.5, 0.6) is 0 Å². The smallest absolute Gasteiger partial charge is 0.322 e. The van der Waals surface area contributed by atoms with Crippen LogP contribution in [0.15, 0.2) is 76.0 Å². The summed E-state index contributed by atoms with van der Waals surface area (Å²) < 4.78 is 4.71. The Labute approximate surface area is 226 Å². The number of nitrogens with one attached hydrogen (secondary N) is 1. The van der Waals surface area contributed by atoms with Crippen LogP contribution in [0.1, 0.15) is 11.1 Å². The second kappa shape index (κ2) is 9.68. The fraction of sp³-hybridized carbons (Fsp3) is 0.250. The van der Waals surface area contributed by atoms with Gasteiger partial charge in [-0.05, 0) is 23.8 Å². The fourth-order valence-corrected chi connectivity index (χ4v) is 7.93. The predicted molar refractivity (Wildman–Crippen MR) is 146 cm³/mol. The van der Waals surface area contributed by atoms with E-state index in [0.29, 0.717) is 16.7 Å². The van der Waals surface area contributed by atoms with E-state index in [2.05, 4.69) is 5.32 Å². The van der Waals surface area contributed by atoms with Crippen molar-refractivity contribution in [2.75, 3.05) is 12.3 Å². The summed E-state index contributed by atoms with van der Waals surface area (Å²) in [4.78, 5) is 40.3. The molecule has 6 rings (SSSR count). The maximum Gasteiger partial charge on any atom is 0.322 e. The number of hydrogen-bond donors (Lipinski definition) is 3. The highest BCUT2D eigenvalue weighted by molar-refractivity contribution is 8.05. The average molecular weight is 549 g/mol. The molecule has 1 aromatic heterocycles. The zero-order chi connectivity index (χ0) is 26.4. The number of benzene rings is 3. The van der Waals surface area contributed by atoms with Gasteiger partial charge in [-0.25, -0.2) is 0 Å². The zero-order valence-corrected chi connectivity index (χ0v) is 21.8. The van der Waals surface area contributed by atoms with Gasteiger partial charge in [-0.3, -0.25) is 14.4 Å². The SMILES string of the molecule is O=C(Cc1ccccc1)N[C@@H]1C(=O)N2CC(Sc3ccc4oc5c(CO)cccc5c4c3)(C(=O)O)CS[C@H]12. The summed E-state index contributed by atoms with van der Waals surface area (Å²) in [6.07, 6.45) is 0.182. The number of hydrogen-bond acceptors (Lipinski definition) is 7. The molecule has 0 spiro atoms. The highest BCUT2D eigenvalue weighted by Crippen LogP contribution is 2.47. The predicted octanol–water partition coefficient (Wildman–Crippen LogP) is 3.64. The maximum absolute atomic E-state index is 13.0. The summed E-state index contributed by atoms with van der Waals surface area (Å²) in [7, 11) is 0. The van der Waals surface area contributed by atoms with Crippen molar-refractivity contribution in [3.63, 3.8) is 0 Å². The molecule has 2 aliphatic heterocycles. The molecule has 10 heteroatoms. The maximum atomic E-state index is 13.0. The molecule has 2 amide bonds. The van der Waals surface area contributed by atoms with Crippen LogP contribution in [0, 0.1) is 0 Å². The molecule has 2 fully saturated rings. The molecular weight excluding hydrogens is 524 g/mol. The van der Waals surface area contributed by atoms with Gasteiger partial charge in [-0.15, -0.1) is 23.5 Å². The minimum absolute atomic E-state index is 0.0490. The van der Waals surface area contributed by atoms with Crippen LogP contribution in [0.2, 0.25) is 0 Å². The van der Waals surface area contributed by atoms with Gasteiger partial charge in [0.15, 0.2) is 0 Å². The number of furan rings is 1. The quantitative estimate of drug-likeness (QED) is 0.300. The molecule has 8 nitrogen and oxygen atoms in total. The van der Waals surface area contributed by atoms with Crippen LogP contribution in [0.25, 0.3) is 21.9 Å². The summed E-state index contributed by atoms with van der Waals surface area (Å²) in [6.45, 7) is -0.0930. The number of rotatable bonds is 7. The molecule has 3 aromatic carbocycles. The highest BCUT2D eigenvalue weighted by Gasteiger charge is 2.58. The molecule has 38 heavy (non-hydrogen) atoms. The Kier molecular flexibility index (Phi) is 6.33. The number of para-hydroxylation sites is 1. The lowest BCUT2D eigenvalue weighted by molar-refractivity contribution is -0.152. The van der Waals surface area contributed by atoms with Gasteiger partial charge in [0.05, 0.1) is 13.0 Å². The van der Waals surface area contributed by atoms with Crippen LogP contribution in [-0.4, -0.2) is 61.4 Å². The van der Waals surface area contributed by atoms with E-state index in [-0.39, 0.29) is 42.5 Å². The summed E-state index contributed by atoms with van der Waals surface area (Å²) in [6, 6.07) is 19.8. The molecule has 0 radical (unpaired) electrons. The van der Waals surface area contributed by atoms with Gasteiger partial charge < -0.3 is 24.8 Å². The van der Waals surface area contributed by atoms with Gasteiger partial charge in [0.25, 0.3) is 0 Å². The van der Waals surface area contributed by atoms with Crippen molar-refractivity contribution in [2.24, 2.45) is 0 Å². The Bertz CT molecular complexity index is 1570. The molecule has 2 saturated heterocycles. The molecule has 0 saturated carbocycles. The minimum Gasteiger partial charge on any atom is -0.480 e. The minimum atomic E-state index is -1.24. The van der Waals surface area contributed by atoms with Crippen LogP contribution >= 0.6 is 23.5 Å². The lowest BCUT2D eigenvalue weighted by Gasteiger charge is -2.53. The molecule has 1 unspecified atom stereocenters. The molecule has 3 heterocycles. The van der Waals surface area contributed by atoms with E-state index >= 15 is 0 Å². The number of aliphatic hydroxyl groups is 1. The summed E-state index contributed by atoms with van der Waals surface area (Å²) in [5.74, 6) is -1.20. The van der Waals surface area contributed by atoms with Gasteiger partial charge in [-0.2, -0.15) is 0 Å². The number of carboxylic acid groups (broad SMARTS) is 1. The number of aliphatic carboxylic acids is 1. The number of nitrogens with zero attached hydrogens (tertiary/aromatic N) is 1. The zero-order valence-electron chi connectivity index (χ0n) is 20.1. The normalized spacial score (nSPS) is 22.8. The van der Waals surface area contributed by atoms with Crippen molar-refractivity contribution >= 4 is 63.2 Å². The second-order valence-electron chi connectivity index (χ2n) is 9.49. The Morgan fingerprint density at radius 1 is 1.11 bits per heavy atom. The third-order valence-electron chi connectivity index (χ3n) is 7.00. The topological polar surface area (TPSA) is 120 Å². The van der Waals surface area contributed by atoms with Crippen LogP contribution < -0.4 is 5.32 Å². The number of amides is 2. The Balaban J connectivity index is 1.19. The number of carbonyl (C=O) groups excluding carboxylic acids is 2. The largest absolute Gasteiger partial charge is 0.480 e. The van der Waals surface area contributed by atoms with E-state index in [9.17, 15) is 24.6 Å². The third-order valence-corrected chi connectivity index (χ3v) is 10.0. The van der Waals surface area contributed by atoms with E-state index in [1.165, 1.54) is 23.5 Å². The van der Waals surface area contributed by atoms with Crippen molar-refractivity contribution < 1.29 is 29.0 Å². The van der Waals surface area contributed by atoms with Crippen LogP contribution in [0.4, 0.5) is 0 Å². The molecule has 2 aliphatic rings. The van der Waals surface area contributed by atoms with Gasteiger partial charge in [0.2, 0.25) is 11.8 Å². The van der Waals surface area contributed by atoms with Crippen molar-refractivity contribution in [3.8, 4) is 0 Å². The van der Waals surface area contributed by atoms with Crippen LogP contribution in [0.3, 0.4) is 0 Å². The number of carbonyl (C=O) groups is 3. The highest BCUT2D eigenvalue weighted by atomic mass is 32.2. The van der Waals surface area contributed by atoms with Gasteiger partial charge >= 0.3 is 5.97 Å². The van der Waals surface area contributed by atoms with E-state index in [1.54, 1.807) is 17.0 Å². The number of aliphatic hydroxyl groups excluding tert-OH is 1. The molecule has 3 atom stereocenters. The average Bonchev–Trinajstić information content (AvgIpc) is 3.30. The van der Waals surface area contributed by atoms with Gasteiger partial charge in [0.1, 0.15) is 27.3 Å². The number of thioether (sulfide) groups is 2. The lowest BCUT2D eigenvalue weighted by atomic mass is 10.0. The first-order chi connectivity index (χ1) is 18.4. The molecule has 3 N–H and O–H groups in total. The molecule has 0 bridgehead atoms. The number of β-lactam (4-membered cyclic amide) rings is 1. The molecule has 0 aliphatic carbocycles. The Morgan fingerprint density at radius 3 is 2.68 bits per heavy atom. The first-order valence-electron chi connectivity index (χ1n) is 12.1. The van der Waals surface area contributed by atoms with Gasteiger partial charge in [-0.1, -0.05) is 48.5 Å².